The predicted octanol–water partition coefficient (Wildman–Crippen LogP) is 1.30. The molecule has 2 atom stereocenters. The van der Waals surface area contributed by atoms with Crippen LogP contribution in [0, 0.1) is 5.92 Å². The number of hydrogen-bond acceptors (Lipinski definition) is 5. The van der Waals surface area contributed by atoms with Crippen molar-refractivity contribution in [3.8, 4) is 0 Å². The lowest BCUT2D eigenvalue weighted by atomic mass is 9.86. The number of rotatable bonds is 5. The molecule has 0 aromatic heterocycles. The molecule has 0 aromatic carbocycles. The van der Waals surface area contributed by atoms with Gasteiger partial charge in [0.2, 0.25) is 0 Å². The van der Waals surface area contributed by atoms with Gasteiger partial charge in [0.1, 0.15) is 0 Å². The molecule has 0 bridgehead atoms. The molecule has 98 valence electrons. The van der Waals surface area contributed by atoms with Gasteiger partial charge in [0.25, 0.3) is 0 Å². The van der Waals surface area contributed by atoms with Gasteiger partial charge in [0.15, 0.2) is 5.60 Å². The van der Waals surface area contributed by atoms with E-state index in [2.05, 4.69) is 0 Å². The van der Waals surface area contributed by atoms with Crippen molar-refractivity contribution in [1.29, 1.82) is 0 Å². The summed E-state index contributed by atoms with van der Waals surface area (Å²) in [7, 11) is 0. The van der Waals surface area contributed by atoms with Crippen LogP contribution in [-0.2, 0) is 23.8 Å². The van der Waals surface area contributed by atoms with Crippen LogP contribution in [0.2, 0.25) is 0 Å². The molecule has 0 spiro atoms. The van der Waals surface area contributed by atoms with Gasteiger partial charge in [-0.25, -0.2) is 4.79 Å². The summed E-state index contributed by atoms with van der Waals surface area (Å²) < 4.78 is 15.3. The van der Waals surface area contributed by atoms with Gasteiger partial charge in [-0.2, -0.15) is 0 Å². The monoisotopic (exact) mass is 244 g/mol. The van der Waals surface area contributed by atoms with E-state index in [1.54, 1.807) is 20.8 Å². The van der Waals surface area contributed by atoms with Crippen molar-refractivity contribution >= 4 is 11.9 Å². The summed E-state index contributed by atoms with van der Waals surface area (Å²) >= 11 is 0. The zero-order valence-electron chi connectivity index (χ0n) is 10.7. The minimum Gasteiger partial charge on any atom is -0.466 e. The molecule has 0 aromatic rings. The quantitative estimate of drug-likeness (QED) is 0.682. The minimum absolute atomic E-state index is 0.166. The Bertz CT molecular complexity index is 289. The fourth-order valence-electron chi connectivity index (χ4n) is 2.02. The molecule has 1 rings (SSSR count). The third-order valence-electron chi connectivity index (χ3n) is 3.05. The molecule has 1 fully saturated rings. The van der Waals surface area contributed by atoms with Crippen LogP contribution in [0.15, 0.2) is 0 Å². The largest absolute Gasteiger partial charge is 0.466 e. The van der Waals surface area contributed by atoms with Gasteiger partial charge in [0, 0.05) is 12.5 Å². The highest BCUT2D eigenvalue weighted by molar-refractivity contribution is 5.81. The fraction of sp³-hybridized carbons (Fsp3) is 0.833. The van der Waals surface area contributed by atoms with Crippen molar-refractivity contribution in [1.82, 2.24) is 0 Å². The van der Waals surface area contributed by atoms with Gasteiger partial charge in [-0.3, -0.25) is 4.79 Å². The molecular weight excluding hydrogens is 224 g/mol. The zero-order valence-corrected chi connectivity index (χ0v) is 10.7. The number of hydrogen-bond donors (Lipinski definition) is 0. The average Bonchev–Trinajstić information content (AvgIpc) is 2.62. The van der Waals surface area contributed by atoms with Gasteiger partial charge < -0.3 is 14.2 Å². The molecule has 0 aliphatic carbocycles. The van der Waals surface area contributed by atoms with Crippen LogP contribution in [0.3, 0.4) is 0 Å². The topological polar surface area (TPSA) is 61.8 Å². The smallest absolute Gasteiger partial charge is 0.338 e. The summed E-state index contributed by atoms with van der Waals surface area (Å²) in [5.41, 5.74) is -1.01. The molecule has 0 amide bonds. The van der Waals surface area contributed by atoms with Gasteiger partial charge in [-0.1, -0.05) is 0 Å². The van der Waals surface area contributed by atoms with E-state index in [9.17, 15) is 9.59 Å². The molecule has 5 nitrogen and oxygen atoms in total. The normalized spacial score (nSPS) is 27.8. The van der Waals surface area contributed by atoms with E-state index in [1.165, 1.54) is 0 Å². The van der Waals surface area contributed by atoms with Crippen LogP contribution in [0.1, 0.15) is 33.6 Å². The Kier molecular flexibility index (Phi) is 4.93. The molecule has 0 saturated carbocycles. The molecule has 0 unspecified atom stereocenters. The van der Waals surface area contributed by atoms with Crippen LogP contribution >= 0.6 is 0 Å². The second kappa shape index (κ2) is 6.00. The van der Waals surface area contributed by atoms with Crippen molar-refractivity contribution in [2.45, 2.75) is 39.2 Å². The first-order valence-electron chi connectivity index (χ1n) is 6.01. The van der Waals surface area contributed by atoms with Crippen LogP contribution in [0.5, 0.6) is 0 Å². The predicted molar refractivity (Wildman–Crippen MR) is 60.3 cm³/mol. The summed E-state index contributed by atoms with van der Waals surface area (Å²) in [6.45, 7) is 6.32. The first kappa shape index (κ1) is 14.0. The van der Waals surface area contributed by atoms with E-state index in [4.69, 9.17) is 14.2 Å². The average molecular weight is 244 g/mol. The third kappa shape index (κ3) is 3.19. The van der Waals surface area contributed by atoms with Gasteiger partial charge in [-0.05, 0) is 27.2 Å². The second-order valence-corrected chi connectivity index (χ2v) is 4.17. The zero-order chi connectivity index (χ0) is 12.9. The standard InChI is InChI=1S/C12H20O5/c1-4-15-10(13)8-9-6-7-17-12(9,3)11(14)16-5-2/h9H,4-8H2,1-3H3/t9-,12-/m0/s1. The highest BCUT2D eigenvalue weighted by atomic mass is 16.6. The lowest BCUT2D eigenvalue weighted by Crippen LogP contribution is -2.43. The van der Waals surface area contributed by atoms with E-state index >= 15 is 0 Å². The Balaban J connectivity index is 2.64. The maximum atomic E-state index is 11.8. The van der Waals surface area contributed by atoms with Crippen LogP contribution < -0.4 is 0 Å². The summed E-state index contributed by atoms with van der Waals surface area (Å²) in [6.07, 6.45) is 0.872. The summed E-state index contributed by atoms with van der Waals surface area (Å²) in [4.78, 5) is 23.3. The second-order valence-electron chi connectivity index (χ2n) is 4.17. The number of ether oxygens (including phenoxy) is 3. The lowest BCUT2D eigenvalue weighted by Gasteiger charge is -2.27. The lowest BCUT2D eigenvalue weighted by molar-refractivity contribution is -0.169. The minimum atomic E-state index is -1.01. The van der Waals surface area contributed by atoms with Crippen molar-refractivity contribution in [2.24, 2.45) is 5.92 Å². The summed E-state index contributed by atoms with van der Waals surface area (Å²) in [6, 6.07) is 0. The molecule has 1 heterocycles. The van der Waals surface area contributed by atoms with E-state index in [1.807, 2.05) is 0 Å². The first-order chi connectivity index (χ1) is 8.04. The van der Waals surface area contributed by atoms with Crippen molar-refractivity contribution in [2.75, 3.05) is 19.8 Å². The van der Waals surface area contributed by atoms with Crippen LogP contribution in [0.25, 0.3) is 0 Å². The van der Waals surface area contributed by atoms with E-state index in [-0.39, 0.29) is 18.3 Å². The molecular formula is C12H20O5. The van der Waals surface area contributed by atoms with Gasteiger partial charge in [-0.15, -0.1) is 0 Å². The number of carbonyl (C=O) groups is 2. The SMILES string of the molecule is CCOC(=O)C[C@@H]1CCO[C@]1(C)C(=O)OCC. The molecule has 17 heavy (non-hydrogen) atoms. The van der Waals surface area contributed by atoms with Crippen LogP contribution in [-0.4, -0.2) is 37.4 Å². The fourth-order valence-corrected chi connectivity index (χ4v) is 2.02. The van der Waals surface area contributed by atoms with Crippen LogP contribution in [0.4, 0.5) is 0 Å². The Morgan fingerprint density at radius 1 is 1.29 bits per heavy atom. The van der Waals surface area contributed by atoms with E-state index in [0.717, 1.165) is 0 Å². The van der Waals surface area contributed by atoms with Crippen molar-refractivity contribution < 1.29 is 23.8 Å². The number of carbonyl (C=O) groups excluding carboxylic acids is 2. The molecule has 1 aliphatic rings. The van der Waals surface area contributed by atoms with Gasteiger partial charge in [0.05, 0.1) is 19.6 Å². The first-order valence-corrected chi connectivity index (χ1v) is 6.01. The Morgan fingerprint density at radius 2 is 1.94 bits per heavy atom. The van der Waals surface area contributed by atoms with E-state index in [0.29, 0.717) is 26.2 Å². The molecule has 1 saturated heterocycles. The number of esters is 2. The maximum absolute atomic E-state index is 11.8. The molecule has 0 N–H and O–H groups in total. The molecule has 5 heteroatoms. The third-order valence-corrected chi connectivity index (χ3v) is 3.05. The highest BCUT2D eigenvalue weighted by Gasteiger charge is 2.48. The maximum Gasteiger partial charge on any atom is 0.338 e. The van der Waals surface area contributed by atoms with Crippen molar-refractivity contribution in [3.63, 3.8) is 0 Å². The van der Waals surface area contributed by atoms with Gasteiger partial charge >= 0.3 is 11.9 Å². The van der Waals surface area contributed by atoms with E-state index < -0.39 is 11.6 Å². The Labute approximate surface area is 101 Å². The summed E-state index contributed by atoms with van der Waals surface area (Å²) in [5, 5.41) is 0. The van der Waals surface area contributed by atoms with Crippen molar-refractivity contribution in [3.05, 3.63) is 0 Å². The summed E-state index contributed by atoms with van der Waals surface area (Å²) in [5.74, 6) is -0.856. The molecule has 0 radical (unpaired) electrons. The Hall–Kier alpha value is -1.10. The Morgan fingerprint density at radius 3 is 2.53 bits per heavy atom. The molecule has 1 aliphatic heterocycles. The highest BCUT2D eigenvalue weighted by Crippen LogP contribution is 2.35.